The minimum atomic E-state index is -2.40. The van der Waals surface area contributed by atoms with Gasteiger partial charge in [0.1, 0.15) is 6.54 Å². The van der Waals surface area contributed by atoms with E-state index in [0.717, 1.165) is 5.56 Å². The molecule has 1 aromatic heterocycles. The highest BCUT2D eigenvalue weighted by Crippen LogP contribution is 2.29. The molecule has 0 atom stereocenters. The van der Waals surface area contributed by atoms with Crippen molar-refractivity contribution in [1.82, 2.24) is 9.78 Å². The van der Waals surface area contributed by atoms with Crippen molar-refractivity contribution in [2.45, 2.75) is 39.2 Å². The summed E-state index contributed by atoms with van der Waals surface area (Å²) >= 11 is 0. The molecule has 0 aliphatic heterocycles. The molecule has 0 aliphatic rings. The molecule has 3 nitrogen and oxygen atoms in total. The Kier molecular flexibility index (Phi) is 3.31. The second-order valence-corrected chi connectivity index (χ2v) is 4.42. The molecule has 0 radical (unpaired) electrons. The average Bonchev–Trinajstić information content (AvgIpc) is 2.45. The van der Waals surface area contributed by atoms with Gasteiger partial charge in [-0.25, -0.2) is 8.78 Å². The summed E-state index contributed by atoms with van der Waals surface area (Å²) in [5, 5.41) is 3.95. The standard InChI is InChI=1S/C10H16F2N2O/c1-10(2,3)7-5-14(6-8(11)12)13-9(7)15-4/h5,8H,6H2,1-4H3. The Morgan fingerprint density at radius 2 is 2.07 bits per heavy atom. The lowest BCUT2D eigenvalue weighted by atomic mass is 9.89. The summed E-state index contributed by atoms with van der Waals surface area (Å²) in [5.41, 5.74) is 0.678. The number of ether oxygens (including phenoxy) is 1. The van der Waals surface area contributed by atoms with Crippen molar-refractivity contribution in [1.29, 1.82) is 0 Å². The summed E-state index contributed by atoms with van der Waals surface area (Å²) in [6.07, 6.45) is -0.784. The van der Waals surface area contributed by atoms with Gasteiger partial charge in [0.15, 0.2) is 0 Å². The summed E-state index contributed by atoms with van der Waals surface area (Å²) in [4.78, 5) is 0. The zero-order chi connectivity index (χ0) is 11.6. The van der Waals surface area contributed by atoms with Crippen LogP contribution in [-0.2, 0) is 12.0 Å². The molecule has 1 aromatic rings. The van der Waals surface area contributed by atoms with Crippen molar-refractivity contribution in [3.05, 3.63) is 11.8 Å². The number of aromatic nitrogens is 2. The van der Waals surface area contributed by atoms with E-state index in [1.807, 2.05) is 20.8 Å². The van der Waals surface area contributed by atoms with E-state index in [1.165, 1.54) is 11.8 Å². The van der Waals surface area contributed by atoms with Crippen molar-refractivity contribution >= 4 is 0 Å². The third-order valence-corrected chi connectivity index (χ3v) is 2.05. The maximum absolute atomic E-state index is 12.2. The molecule has 0 aliphatic carbocycles. The highest BCUT2D eigenvalue weighted by Gasteiger charge is 2.23. The second kappa shape index (κ2) is 4.16. The van der Waals surface area contributed by atoms with E-state index < -0.39 is 13.0 Å². The fourth-order valence-electron chi connectivity index (χ4n) is 1.30. The van der Waals surface area contributed by atoms with Gasteiger partial charge in [-0.15, -0.1) is 5.10 Å². The summed E-state index contributed by atoms with van der Waals surface area (Å²) in [6, 6.07) is 0. The Hall–Kier alpha value is -1.13. The van der Waals surface area contributed by atoms with E-state index in [2.05, 4.69) is 5.10 Å². The lowest BCUT2D eigenvalue weighted by Crippen LogP contribution is -2.11. The maximum Gasteiger partial charge on any atom is 0.257 e. The summed E-state index contributed by atoms with van der Waals surface area (Å²) < 4.78 is 30.6. The van der Waals surface area contributed by atoms with Gasteiger partial charge in [-0.1, -0.05) is 20.8 Å². The van der Waals surface area contributed by atoms with E-state index in [0.29, 0.717) is 5.88 Å². The van der Waals surface area contributed by atoms with Crippen LogP contribution in [0.1, 0.15) is 26.3 Å². The lowest BCUT2D eigenvalue weighted by Gasteiger charge is -2.16. The van der Waals surface area contributed by atoms with Crippen LogP contribution in [-0.4, -0.2) is 23.3 Å². The van der Waals surface area contributed by atoms with Crippen LogP contribution in [0.5, 0.6) is 5.88 Å². The second-order valence-electron chi connectivity index (χ2n) is 4.42. The van der Waals surface area contributed by atoms with Gasteiger partial charge in [0.25, 0.3) is 6.43 Å². The minimum absolute atomic E-state index is 0.161. The van der Waals surface area contributed by atoms with Crippen LogP contribution in [0.3, 0.4) is 0 Å². The summed E-state index contributed by atoms with van der Waals surface area (Å²) in [5.74, 6) is 0.420. The highest BCUT2D eigenvalue weighted by molar-refractivity contribution is 5.30. The number of rotatable bonds is 3. The molecule has 0 bridgehead atoms. The van der Waals surface area contributed by atoms with E-state index in [1.54, 1.807) is 6.20 Å². The molecule has 0 aromatic carbocycles. The molecule has 15 heavy (non-hydrogen) atoms. The SMILES string of the molecule is COc1nn(CC(F)F)cc1C(C)(C)C. The number of alkyl halides is 2. The topological polar surface area (TPSA) is 27.1 Å². The number of hydrogen-bond donors (Lipinski definition) is 0. The van der Waals surface area contributed by atoms with Crippen LogP contribution in [0.25, 0.3) is 0 Å². The molecule has 86 valence electrons. The number of nitrogens with zero attached hydrogens (tertiary/aromatic N) is 2. The highest BCUT2D eigenvalue weighted by atomic mass is 19.3. The Morgan fingerprint density at radius 3 is 2.40 bits per heavy atom. The molecule has 0 spiro atoms. The van der Waals surface area contributed by atoms with Gasteiger partial charge < -0.3 is 4.74 Å². The fraction of sp³-hybridized carbons (Fsp3) is 0.700. The van der Waals surface area contributed by atoms with Gasteiger partial charge in [0.05, 0.1) is 7.11 Å². The maximum atomic E-state index is 12.2. The molecular weight excluding hydrogens is 202 g/mol. The van der Waals surface area contributed by atoms with Crippen molar-refractivity contribution in [3.8, 4) is 5.88 Å². The van der Waals surface area contributed by atoms with Gasteiger partial charge in [-0.05, 0) is 5.41 Å². The van der Waals surface area contributed by atoms with Crippen LogP contribution in [0, 0.1) is 0 Å². The van der Waals surface area contributed by atoms with Gasteiger partial charge in [0.2, 0.25) is 5.88 Å². The molecule has 1 heterocycles. The quantitative estimate of drug-likeness (QED) is 0.779. The van der Waals surface area contributed by atoms with Crippen LogP contribution >= 0.6 is 0 Å². The first-order valence-electron chi connectivity index (χ1n) is 4.74. The van der Waals surface area contributed by atoms with E-state index in [4.69, 9.17) is 4.74 Å². The van der Waals surface area contributed by atoms with E-state index in [-0.39, 0.29) is 5.41 Å². The molecular formula is C10H16F2N2O. The number of methoxy groups -OCH3 is 1. The van der Waals surface area contributed by atoms with Crippen molar-refractivity contribution < 1.29 is 13.5 Å². The largest absolute Gasteiger partial charge is 0.480 e. The van der Waals surface area contributed by atoms with Crippen LogP contribution in [0.2, 0.25) is 0 Å². The predicted octanol–water partition coefficient (Wildman–Crippen LogP) is 2.45. The van der Waals surface area contributed by atoms with Crippen LogP contribution < -0.4 is 4.74 Å². The van der Waals surface area contributed by atoms with Gasteiger partial charge in [-0.2, -0.15) is 0 Å². The van der Waals surface area contributed by atoms with Gasteiger partial charge in [0, 0.05) is 11.8 Å². The van der Waals surface area contributed by atoms with E-state index >= 15 is 0 Å². The third kappa shape index (κ3) is 2.91. The Balaban J connectivity index is 3.01. The Morgan fingerprint density at radius 1 is 1.47 bits per heavy atom. The first kappa shape index (κ1) is 11.9. The third-order valence-electron chi connectivity index (χ3n) is 2.05. The molecule has 0 N–H and O–H groups in total. The smallest absolute Gasteiger partial charge is 0.257 e. The van der Waals surface area contributed by atoms with Crippen molar-refractivity contribution in [2.75, 3.05) is 7.11 Å². The zero-order valence-corrected chi connectivity index (χ0v) is 9.42. The molecule has 0 saturated carbocycles. The number of halogens is 2. The van der Waals surface area contributed by atoms with Gasteiger partial charge in [-0.3, -0.25) is 4.68 Å². The lowest BCUT2D eigenvalue weighted by molar-refractivity contribution is 0.121. The summed E-state index contributed by atoms with van der Waals surface area (Å²) in [7, 11) is 1.49. The molecule has 0 saturated heterocycles. The molecule has 0 unspecified atom stereocenters. The Labute approximate surface area is 88.0 Å². The summed E-state index contributed by atoms with van der Waals surface area (Å²) in [6.45, 7) is 5.56. The first-order valence-corrected chi connectivity index (χ1v) is 4.74. The van der Waals surface area contributed by atoms with Gasteiger partial charge >= 0.3 is 0 Å². The normalized spacial score (nSPS) is 12.2. The van der Waals surface area contributed by atoms with Crippen molar-refractivity contribution in [2.24, 2.45) is 0 Å². The Bertz CT molecular complexity index is 329. The molecule has 0 fully saturated rings. The van der Waals surface area contributed by atoms with Crippen LogP contribution in [0.15, 0.2) is 6.20 Å². The minimum Gasteiger partial charge on any atom is -0.480 e. The monoisotopic (exact) mass is 218 g/mol. The molecule has 0 amide bonds. The van der Waals surface area contributed by atoms with E-state index in [9.17, 15) is 8.78 Å². The number of hydrogen-bond acceptors (Lipinski definition) is 2. The molecule has 5 heteroatoms. The fourth-order valence-corrected chi connectivity index (χ4v) is 1.30. The van der Waals surface area contributed by atoms with Crippen LogP contribution in [0.4, 0.5) is 8.78 Å². The predicted molar refractivity (Wildman–Crippen MR) is 53.5 cm³/mol. The van der Waals surface area contributed by atoms with Crippen molar-refractivity contribution in [3.63, 3.8) is 0 Å². The average molecular weight is 218 g/mol. The first-order chi connectivity index (χ1) is 6.84. The zero-order valence-electron chi connectivity index (χ0n) is 9.42. The molecule has 1 rings (SSSR count).